The van der Waals surface area contributed by atoms with Gasteiger partial charge in [-0.25, -0.2) is 0 Å². The molecule has 0 aliphatic carbocycles. The molecule has 1 atom stereocenters. The van der Waals surface area contributed by atoms with Crippen molar-refractivity contribution in [3.8, 4) is 0 Å². The van der Waals surface area contributed by atoms with Gasteiger partial charge in [0, 0.05) is 19.1 Å². The van der Waals surface area contributed by atoms with Crippen molar-refractivity contribution in [2.24, 2.45) is 0 Å². The van der Waals surface area contributed by atoms with Crippen molar-refractivity contribution in [2.45, 2.75) is 52.0 Å². The fraction of sp³-hybridized carbons (Fsp3) is 0.786. The third-order valence-corrected chi connectivity index (χ3v) is 4.43. The number of nitrogens with one attached hydrogen (secondary N) is 1. The number of aryl methyl sites for hydroxylation is 1. The highest BCUT2D eigenvalue weighted by molar-refractivity contribution is 7.08. The van der Waals surface area contributed by atoms with E-state index in [9.17, 15) is 4.79 Å². The quantitative estimate of drug-likeness (QED) is 0.873. The molecule has 1 amide bonds. The average Bonchev–Trinajstić information content (AvgIpc) is 2.94. The lowest BCUT2D eigenvalue weighted by Crippen LogP contribution is -2.49. The van der Waals surface area contributed by atoms with Gasteiger partial charge in [0.25, 0.3) is 5.91 Å². The Bertz CT molecular complexity index is 429. The van der Waals surface area contributed by atoms with E-state index in [0.29, 0.717) is 6.04 Å². The number of aromatic nitrogens is 2. The highest BCUT2D eigenvalue weighted by atomic mass is 32.1. The summed E-state index contributed by atoms with van der Waals surface area (Å²) in [6.45, 7) is 7.00. The van der Waals surface area contributed by atoms with Crippen LogP contribution in [0.15, 0.2) is 0 Å². The van der Waals surface area contributed by atoms with Gasteiger partial charge in [-0.05, 0) is 43.8 Å². The van der Waals surface area contributed by atoms with Crippen LogP contribution in [0.5, 0.6) is 0 Å². The van der Waals surface area contributed by atoms with E-state index < -0.39 is 0 Å². The Labute approximate surface area is 124 Å². The first kappa shape index (κ1) is 15.4. The first-order chi connectivity index (χ1) is 9.77. The monoisotopic (exact) mass is 296 g/mol. The van der Waals surface area contributed by atoms with Crippen LogP contribution in [-0.2, 0) is 6.42 Å². The van der Waals surface area contributed by atoms with E-state index in [2.05, 4.69) is 28.8 Å². The van der Waals surface area contributed by atoms with Crippen molar-refractivity contribution in [1.29, 1.82) is 0 Å². The van der Waals surface area contributed by atoms with Crippen molar-refractivity contribution < 1.29 is 4.79 Å². The Kier molecular flexibility index (Phi) is 5.91. The lowest BCUT2D eigenvalue weighted by molar-refractivity contribution is 0.0652. The Morgan fingerprint density at radius 3 is 2.95 bits per heavy atom. The number of hydrogen-bond donors (Lipinski definition) is 1. The summed E-state index contributed by atoms with van der Waals surface area (Å²) >= 11 is 1.24. The van der Waals surface area contributed by atoms with E-state index in [4.69, 9.17) is 0 Å². The standard InChI is InChI=1S/C14H24N4OS/c1-3-6-12-13(20-17-16-12)14(19)18(9-4-2)11-7-5-8-15-10-11/h11,15H,3-10H2,1-2H3. The largest absolute Gasteiger partial charge is 0.334 e. The van der Waals surface area contributed by atoms with Crippen LogP contribution in [-0.4, -0.2) is 46.1 Å². The third-order valence-electron chi connectivity index (χ3n) is 3.67. The van der Waals surface area contributed by atoms with Gasteiger partial charge in [0.05, 0.1) is 5.69 Å². The normalized spacial score (nSPS) is 19.0. The second-order valence-corrected chi connectivity index (χ2v) is 6.05. The van der Waals surface area contributed by atoms with E-state index in [0.717, 1.165) is 62.3 Å². The van der Waals surface area contributed by atoms with E-state index in [1.807, 2.05) is 4.90 Å². The van der Waals surface area contributed by atoms with Crippen molar-refractivity contribution in [3.05, 3.63) is 10.6 Å². The Balaban J connectivity index is 2.14. The smallest absolute Gasteiger partial charge is 0.267 e. The van der Waals surface area contributed by atoms with E-state index in [1.54, 1.807) is 0 Å². The molecule has 2 heterocycles. The molecule has 0 saturated carbocycles. The molecule has 112 valence electrons. The van der Waals surface area contributed by atoms with Gasteiger partial charge in [0.1, 0.15) is 4.88 Å². The minimum absolute atomic E-state index is 0.124. The molecule has 2 rings (SSSR count). The van der Waals surface area contributed by atoms with Crippen LogP contribution in [0.3, 0.4) is 0 Å². The van der Waals surface area contributed by atoms with Crippen LogP contribution < -0.4 is 5.32 Å². The highest BCUT2D eigenvalue weighted by Crippen LogP contribution is 2.20. The second-order valence-electron chi connectivity index (χ2n) is 5.30. The summed E-state index contributed by atoms with van der Waals surface area (Å²) in [6.07, 6.45) is 5.04. The summed E-state index contributed by atoms with van der Waals surface area (Å²) in [5.74, 6) is 0.124. The van der Waals surface area contributed by atoms with Crippen molar-refractivity contribution in [3.63, 3.8) is 0 Å². The van der Waals surface area contributed by atoms with Gasteiger partial charge >= 0.3 is 0 Å². The molecule has 1 N–H and O–H groups in total. The summed E-state index contributed by atoms with van der Waals surface area (Å²) in [5, 5.41) is 7.51. The second kappa shape index (κ2) is 7.69. The topological polar surface area (TPSA) is 58.1 Å². The maximum Gasteiger partial charge on any atom is 0.267 e. The summed E-state index contributed by atoms with van der Waals surface area (Å²) in [6, 6.07) is 0.313. The van der Waals surface area contributed by atoms with E-state index in [1.165, 1.54) is 11.5 Å². The van der Waals surface area contributed by atoms with E-state index >= 15 is 0 Å². The van der Waals surface area contributed by atoms with Crippen molar-refractivity contribution >= 4 is 17.4 Å². The van der Waals surface area contributed by atoms with Gasteiger partial charge in [-0.3, -0.25) is 4.79 Å². The molecule has 0 aromatic carbocycles. The minimum atomic E-state index is 0.124. The first-order valence-electron chi connectivity index (χ1n) is 7.60. The molecule has 1 aromatic rings. The average molecular weight is 296 g/mol. The highest BCUT2D eigenvalue weighted by Gasteiger charge is 2.28. The number of hydrogen-bond acceptors (Lipinski definition) is 5. The summed E-state index contributed by atoms with van der Waals surface area (Å²) in [5.41, 5.74) is 0.868. The molecular formula is C14H24N4OS. The van der Waals surface area contributed by atoms with Gasteiger partial charge in [-0.1, -0.05) is 24.8 Å². The zero-order valence-electron chi connectivity index (χ0n) is 12.4. The molecule has 1 unspecified atom stereocenters. The van der Waals surface area contributed by atoms with Crippen molar-refractivity contribution in [2.75, 3.05) is 19.6 Å². The fourth-order valence-electron chi connectivity index (χ4n) is 2.69. The van der Waals surface area contributed by atoms with Crippen LogP contribution >= 0.6 is 11.5 Å². The first-order valence-corrected chi connectivity index (χ1v) is 8.38. The van der Waals surface area contributed by atoms with Crippen LogP contribution in [0.25, 0.3) is 0 Å². The van der Waals surface area contributed by atoms with Crippen molar-refractivity contribution in [1.82, 2.24) is 19.8 Å². The van der Waals surface area contributed by atoms with Gasteiger partial charge in [-0.2, -0.15) is 0 Å². The summed E-state index contributed by atoms with van der Waals surface area (Å²) < 4.78 is 3.98. The molecule has 0 bridgehead atoms. The molecular weight excluding hydrogens is 272 g/mol. The molecule has 1 aliphatic rings. The summed E-state index contributed by atoms with van der Waals surface area (Å²) in [4.78, 5) is 15.6. The number of nitrogens with zero attached hydrogens (tertiary/aromatic N) is 3. The van der Waals surface area contributed by atoms with Gasteiger partial charge in [0.2, 0.25) is 0 Å². The zero-order chi connectivity index (χ0) is 14.4. The molecule has 6 heteroatoms. The fourth-order valence-corrected chi connectivity index (χ4v) is 3.36. The molecule has 0 radical (unpaired) electrons. The van der Waals surface area contributed by atoms with Crippen LogP contribution in [0.2, 0.25) is 0 Å². The number of piperidine rings is 1. The molecule has 5 nitrogen and oxygen atoms in total. The van der Waals surface area contributed by atoms with Gasteiger partial charge < -0.3 is 10.2 Å². The number of rotatable bonds is 6. The zero-order valence-corrected chi connectivity index (χ0v) is 13.2. The van der Waals surface area contributed by atoms with E-state index in [-0.39, 0.29) is 5.91 Å². The van der Waals surface area contributed by atoms with Crippen LogP contribution in [0.4, 0.5) is 0 Å². The third kappa shape index (κ3) is 3.55. The molecule has 20 heavy (non-hydrogen) atoms. The SMILES string of the molecule is CCCc1nnsc1C(=O)N(CCC)C1CCCNC1. The molecule has 1 fully saturated rings. The maximum absolute atomic E-state index is 12.8. The lowest BCUT2D eigenvalue weighted by atomic mass is 10.0. The minimum Gasteiger partial charge on any atom is -0.334 e. The molecule has 0 spiro atoms. The maximum atomic E-state index is 12.8. The molecule has 1 aliphatic heterocycles. The predicted molar refractivity (Wildman–Crippen MR) is 81.1 cm³/mol. The van der Waals surface area contributed by atoms with Gasteiger partial charge in [0.15, 0.2) is 0 Å². The summed E-state index contributed by atoms with van der Waals surface area (Å²) in [7, 11) is 0. The Morgan fingerprint density at radius 2 is 2.30 bits per heavy atom. The number of amides is 1. The van der Waals surface area contributed by atoms with Gasteiger partial charge in [-0.15, -0.1) is 5.10 Å². The lowest BCUT2D eigenvalue weighted by Gasteiger charge is -2.34. The molecule has 1 saturated heterocycles. The Hall–Kier alpha value is -1.01. The predicted octanol–water partition coefficient (Wildman–Crippen LogP) is 2.09. The number of carbonyl (C=O) groups excluding carboxylic acids is 1. The van der Waals surface area contributed by atoms with Crippen LogP contribution in [0.1, 0.15) is 54.9 Å². The Morgan fingerprint density at radius 1 is 1.45 bits per heavy atom. The number of carbonyl (C=O) groups is 1. The molecule has 1 aromatic heterocycles. The van der Waals surface area contributed by atoms with Crippen LogP contribution in [0, 0.1) is 0 Å².